The summed E-state index contributed by atoms with van der Waals surface area (Å²) < 4.78 is 1.72. The van der Waals surface area contributed by atoms with Crippen LogP contribution >= 0.6 is 0 Å². The molecule has 0 aliphatic carbocycles. The molecule has 0 fully saturated rings. The molecule has 2 N–H and O–H groups in total. The van der Waals surface area contributed by atoms with Crippen LogP contribution in [0.2, 0.25) is 0 Å². The van der Waals surface area contributed by atoms with Gasteiger partial charge in [0.1, 0.15) is 0 Å². The SMILES string of the molecule is CCc1ccc(Cn2nnc(C(=O)NC[C@H](O)C(C)C)c2C)cc1. The zero-order valence-corrected chi connectivity index (χ0v) is 14.8. The van der Waals surface area contributed by atoms with E-state index in [2.05, 4.69) is 46.8 Å². The standard InChI is InChI=1S/C18H26N4O2/c1-5-14-6-8-15(9-7-14)11-22-13(4)17(20-21-22)18(24)19-10-16(23)12(2)3/h6-9,12,16,23H,5,10-11H2,1-4H3,(H,19,24)/t16-/m0/s1. The number of benzene rings is 1. The fraction of sp³-hybridized carbons (Fsp3) is 0.500. The lowest BCUT2D eigenvalue weighted by Gasteiger charge is -2.14. The number of nitrogens with one attached hydrogen (secondary N) is 1. The maximum absolute atomic E-state index is 12.2. The Balaban J connectivity index is 2.03. The number of aromatic nitrogens is 3. The summed E-state index contributed by atoms with van der Waals surface area (Å²) in [6.07, 6.45) is 0.441. The van der Waals surface area contributed by atoms with E-state index in [0.717, 1.165) is 12.0 Å². The van der Waals surface area contributed by atoms with Gasteiger partial charge in [0.2, 0.25) is 0 Å². The molecule has 1 aromatic carbocycles. The number of hydrogen-bond donors (Lipinski definition) is 2. The van der Waals surface area contributed by atoms with Crippen molar-refractivity contribution in [3.63, 3.8) is 0 Å². The van der Waals surface area contributed by atoms with Gasteiger partial charge >= 0.3 is 0 Å². The van der Waals surface area contributed by atoms with Gasteiger partial charge in [-0.15, -0.1) is 5.10 Å². The zero-order chi connectivity index (χ0) is 17.7. The molecule has 2 aromatic rings. The molecule has 130 valence electrons. The van der Waals surface area contributed by atoms with E-state index in [-0.39, 0.29) is 18.4 Å². The maximum Gasteiger partial charge on any atom is 0.273 e. The first-order valence-electron chi connectivity index (χ1n) is 8.36. The molecule has 1 heterocycles. The Morgan fingerprint density at radius 3 is 2.46 bits per heavy atom. The molecular formula is C18H26N4O2. The molecule has 0 aliphatic rings. The average molecular weight is 330 g/mol. The van der Waals surface area contributed by atoms with Gasteiger partial charge in [-0.2, -0.15) is 0 Å². The molecular weight excluding hydrogens is 304 g/mol. The Morgan fingerprint density at radius 1 is 1.25 bits per heavy atom. The fourth-order valence-corrected chi connectivity index (χ4v) is 2.29. The number of carbonyl (C=O) groups is 1. The van der Waals surface area contributed by atoms with E-state index in [1.807, 2.05) is 20.8 Å². The Morgan fingerprint density at radius 2 is 1.88 bits per heavy atom. The minimum Gasteiger partial charge on any atom is -0.391 e. The van der Waals surface area contributed by atoms with Gasteiger partial charge in [0.25, 0.3) is 5.91 Å². The fourth-order valence-electron chi connectivity index (χ4n) is 2.29. The second-order valence-corrected chi connectivity index (χ2v) is 6.37. The number of aliphatic hydroxyl groups excluding tert-OH is 1. The summed E-state index contributed by atoms with van der Waals surface area (Å²) in [6, 6.07) is 8.34. The number of amides is 1. The molecule has 6 heteroatoms. The van der Waals surface area contributed by atoms with Crippen LogP contribution in [-0.2, 0) is 13.0 Å². The molecule has 2 rings (SSSR count). The minimum absolute atomic E-state index is 0.0909. The smallest absolute Gasteiger partial charge is 0.273 e. The predicted octanol–water partition coefficient (Wildman–Crippen LogP) is 1.94. The number of carbonyl (C=O) groups excluding carboxylic acids is 1. The van der Waals surface area contributed by atoms with Gasteiger partial charge < -0.3 is 10.4 Å². The molecule has 0 unspecified atom stereocenters. The highest BCUT2D eigenvalue weighted by Crippen LogP contribution is 2.10. The molecule has 0 radical (unpaired) electrons. The first-order chi connectivity index (χ1) is 11.4. The molecule has 0 saturated carbocycles. The van der Waals surface area contributed by atoms with E-state index in [1.165, 1.54) is 5.56 Å². The highest BCUT2D eigenvalue weighted by molar-refractivity contribution is 5.93. The number of hydrogen-bond acceptors (Lipinski definition) is 4. The molecule has 0 bridgehead atoms. The van der Waals surface area contributed by atoms with Gasteiger partial charge in [0.05, 0.1) is 18.3 Å². The third-order valence-corrected chi connectivity index (χ3v) is 4.20. The largest absolute Gasteiger partial charge is 0.391 e. The normalized spacial score (nSPS) is 12.4. The van der Waals surface area contributed by atoms with Crippen molar-refractivity contribution >= 4 is 5.91 Å². The average Bonchev–Trinajstić information content (AvgIpc) is 2.93. The first kappa shape index (κ1) is 18.1. The Hall–Kier alpha value is -2.21. The quantitative estimate of drug-likeness (QED) is 0.813. The number of rotatable bonds is 7. The lowest BCUT2D eigenvalue weighted by atomic mass is 10.1. The van der Waals surface area contributed by atoms with Crippen LogP contribution in [0, 0.1) is 12.8 Å². The summed E-state index contributed by atoms with van der Waals surface area (Å²) >= 11 is 0. The van der Waals surface area contributed by atoms with Gasteiger partial charge in [0.15, 0.2) is 5.69 Å². The van der Waals surface area contributed by atoms with E-state index in [0.29, 0.717) is 17.9 Å². The summed E-state index contributed by atoms with van der Waals surface area (Å²) in [4.78, 5) is 12.2. The first-order valence-corrected chi connectivity index (χ1v) is 8.36. The van der Waals surface area contributed by atoms with E-state index < -0.39 is 6.10 Å². The van der Waals surface area contributed by atoms with Crippen LogP contribution in [0.1, 0.15) is 48.1 Å². The van der Waals surface area contributed by atoms with Crippen molar-refractivity contribution in [2.45, 2.75) is 46.8 Å². The molecule has 1 amide bonds. The van der Waals surface area contributed by atoms with Crippen molar-refractivity contribution in [1.29, 1.82) is 0 Å². The highest BCUT2D eigenvalue weighted by Gasteiger charge is 2.18. The molecule has 0 aliphatic heterocycles. The summed E-state index contributed by atoms with van der Waals surface area (Å²) in [5.41, 5.74) is 3.42. The Labute approximate surface area is 142 Å². The van der Waals surface area contributed by atoms with Crippen molar-refractivity contribution < 1.29 is 9.90 Å². The molecule has 6 nitrogen and oxygen atoms in total. The molecule has 24 heavy (non-hydrogen) atoms. The van der Waals surface area contributed by atoms with E-state index in [4.69, 9.17) is 0 Å². The van der Waals surface area contributed by atoms with E-state index >= 15 is 0 Å². The lowest BCUT2D eigenvalue weighted by Crippen LogP contribution is -2.35. The van der Waals surface area contributed by atoms with Crippen molar-refractivity contribution in [2.75, 3.05) is 6.54 Å². The Kier molecular flexibility index (Phi) is 6.09. The lowest BCUT2D eigenvalue weighted by molar-refractivity contribution is 0.0866. The Bertz CT molecular complexity index is 677. The molecule has 1 atom stereocenters. The van der Waals surface area contributed by atoms with Gasteiger partial charge in [-0.25, -0.2) is 4.68 Å². The van der Waals surface area contributed by atoms with Gasteiger partial charge in [-0.05, 0) is 30.4 Å². The number of nitrogens with zero attached hydrogens (tertiary/aromatic N) is 3. The minimum atomic E-state index is -0.568. The maximum atomic E-state index is 12.2. The van der Waals surface area contributed by atoms with Gasteiger partial charge in [-0.3, -0.25) is 4.79 Å². The number of aliphatic hydroxyl groups is 1. The van der Waals surface area contributed by atoms with Crippen molar-refractivity contribution in [3.05, 3.63) is 46.8 Å². The molecule has 0 spiro atoms. The zero-order valence-electron chi connectivity index (χ0n) is 14.8. The van der Waals surface area contributed by atoms with Gasteiger partial charge in [0, 0.05) is 6.54 Å². The van der Waals surface area contributed by atoms with Crippen LogP contribution in [-0.4, -0.2) is 38.7 Å². The molecule has 0 saturated heterocycles. The summed E-state index contributed by atoms with van der Waals surface area (Å²) in [7, 11) is 0. The third kappa shape index (κ3) is 4.41. The second-order valence-electron chi connectivity index (χ2n) is 6.37. The highest BCUT2D eigenvalue weighted by atomic mass is 16.3. The van der Waals surface area contributed by atoms with Gasteiger partial charge in [-0.1, -0.05) is 50.3 Å². The van der Waals surface area contributed by atoms with Crippen LogP contribution in [0.15, 0.2) is 24.3 Å². The summed E-state index contributed by atoms with van der Waals surface area (Å²) in [5, 5.41) is 20.6. The van der Waals surface area contributed by atoms with Crippen LogP contribution in [0.5, 0.6) is 0 Å². The van der Waals surface area contributed by atoms with Crippen molar-refractivity contribution in [2.24, 2.45) is 5.92 Å². The van der Waals surface area contributed by atoms with Crippen LogP contribution in [0.25, 0.3) is 0 Å². The van der Waals surface area contributed by atoms with Crippen LogP contribution < -0.4 is 5.32 Å². The summed E-state index contributed by atoms with van der Waals surface area (Å²) in [5.74, 6) is -0.215. The number of aryl methyl sites for hydroxylation is 1. The van der Waals surface area contributed by atoms with Crippen molar-refractivity contribution in [1.82, 2.24) is 20.3 Å². The van der Waals surface area contributed by atoms with E-state index in [1.54, 1.807) is 4.68 Å². The van der Waals surface area contributed by atoms with Crippen LogP contribution in [0.3, 0.4) is 0 Å². The second kappa shape index (κ2) is 8.06. The third-order valence-electron chi connectivity index (χ3n) is 4.20. The monoisotopic (exact) mass is 330 g/mol. The predicted molar refractivity (Wildman–Crippen MR) is 92.9 cm³/mol. The molecule has 1 aromatic heterocycles. The van der Waals surface area contributed by atoms with Crippen LogP contribution in [0.4, 0.5) is 0 Å². The van der Waals surface area contributed by atoms with Crippen molar-refractivity contribution in [3.8, 4) is 0 Å². The summed E-state index contributed by atoms with van der Waals surface area (Å²) in [6.45, 7) is 8.54. The topological polar surface area (TPSA) is 80.0 Å². The van der Waals surface area contributed by atoms with E-state index in [9.17, 15) is 9.90 Å².